The number of hydrogen-bond donors (Lipinski definition) is 0. The zero-order valence-electron chi connectivity index (χ0n) is 3.15. The van der Waals surface area contributed by atoms with Crippen LogP contribution in [0.5, 0.6) is 0 Å². The van der Waals surface area contributed by atoms with E-state index >= 15 is 0 Å². The quantitative estimate of drug-likeness (QED) is 0.383. The summed E-state index contributed by atoms with van der Waals surface area (Å²) in [6, 6.07) is 0. The molecule has 0 amide bonds. The van der Waals surface area contributed by atoms with Crippen LogP contribution >= 0.6 is 0 Å². The van der Waals surface area contributed by atoms with Gasteiger partial charge in [0.15, 0.2) is 0 Å². The predicted octanol–water partition coefficient (Wildman–Crippen LogP) is -1.81. The Morgan fingerprint density at radius 2 is 1.25 bits per heavy atom. The van der Waals surface area contributed by atoms with Crippen molar-refractivity contribution in [3.8, 4) is 0 Å². The summed E-state index contributed by atoms with van der Waals surface area (Å²) in [7, 11) is 0. The van der Waals surface area contributed by atoms with E-state index in [2.05, 4.69) is 9.82 Å². The van der Waals surface area contributed by atoms with Gasteiger partial charge in [-0.3, -0.25) is 0 Å². The fourth-order valence-electron chi connectivity index (χ4n) is 0. The van der Waals surface area contributed by atoms with Crippen LogP contribution < -0.4 is 0 Å². The van der Waals surface area contributed by atoms with E-state index in [1.54, 1.807) is 0 Å². The van der Waals surface area contributed by atoms with Crippen molar-refractivity contribution in [1.82, 2.24) is 0 Å². The van der Waals surface area contributed by atoms with Gasteiger partial charge < -0.3 is 0 Å². The molecule has 0 atom stereocenters. The first kappa shape index (κ1) is 4.83. The average Bonchev–Trinajstić information content (AvgIpc) is 1.37. The Hall–Kier alpha value is 0.826. The molecule has 4 heavy (non-hydrogen) atoms. The number of hydrogen-bond acceptors (Lipinski definition) is 0. The molecular formula is C2H8Ge2. The van der Waals surface area contributed by atoms with Gasteiger partial charge in [-0.05, 0) is 0 Å². The third kappa shape index (κ3) is 2.83. The van der Waals surface area contributed by atoms with Crippen LogP contribution in [0.3, 0.4) is 0 Å². The molecule has 0 saturated heterocycles. The van der Waals surface area contributed by atoms with E-state index in [0.29, 0.717) is 0 Å². The van der Waals surface area contributed by atoms with Gasteiger partial charge in [-0.15, -0.1) is 0 Å². The summed E-state index contributed by atoms with van der Waals surface area (Å²) in [6.07, 6.45) is 0. The molecule has 2 heteroatoms. The molecule has 0 unspecified atom stereocenters. The molecular weight excluding hydrogens is 169 g/mol. The first-order valence-corrected chi connectivity index (χ1v) is 6.33. The summed E-state index contributed by atoms with van der Waals surface area (Å²) in [5.41, 5.74) is 0. The summed E-state index contributed by atoms with van der Waals surface area (Å²) in [6.45, 7) is 0. The Kier molecular flexibility index (Phi) is 4.62. The second-order valence-electron chi connectivity index (χ2n) is 0.667. The maximum atomic E-state index is 2.27. The first-order valence-electron chi connectivity index (χ1n) is 1.49. The standard InChI is InChI=1S/C2H8Ge2/c3-1-2-4/h1-2H,3-4H3. The molecule has 0 bridgehead atoms. The maximum absolute atomic E-state index is 2.27. The second kappa shape index (κ2) is 3.83. The van der Waals surface area contributed by atoms with Crippen LogP contribution in [0, 0.1) is 0 Å². The zero-order chi connectivity index (χ0) is 3.41. The normalized spacial score (nSPS) is 11.0. The van der Waals surface area contributed by atoms with Gasteiger partial charge in [-0.25, -0.2) is 0 Å². The van der Waals surface area contributed by atoms with Crippen molar-refractivity contribution in [2.75, 3.05) is 0 Å². The predicted molar refractivity (Wildman–Crippen MR) is 29.0 cm³/mol. The van der Waals surface area contributed by atoms with E-state index in [4.69, 9.17) is 0 Å². The topological polar surface area (TPSA) is 0 Å². The van der Waals surface area contributed by atoms with Crippen LogP contribution in [0.15, 0.2) is 9.82 Å². The fourth-order valence-corrected chi connectivity index (χ4v) is 0. The van der Waals surface area contributed by atoms with E-state index < -0.39 is 0 Å². The van der Waals surface area contributed by atoms with Crippen LogP contribution in [0.1, 0.15) is 0 Å². The summed E-state index contributed by atoms with van der Waals surface area (Å²) >= 11 is 1.96. The van der Waals surface area contributed by atoms with Gasteiger partial charge in [0.25, 0.3) is 0 Å². The van der Waals surface area contributed by atoms with Gasteiger partial charge in [-0.2, -0.15) is 0 Å². The Labute approximate surface area is 43.1 Å². The molecule has 0 aromatic rings. The van der Waals surface area contributed by atoms with E-state index in [9.17, 15) is 0 Å². The van der Waals surface area contributed by atoms with E-state index in [0.717, 1.165) is 33.0 Å². The Morgan fingerprint density at radius 3 is 1.25 bits per heavy atom. The van der Waals surface area contributed by atoms with Crippen LogP contribution in [0.4, 0.5) is 0 Å². The zero-order valence-corrected chi connectivity index (χ0v) is 11.5. The van der Waals surface area contributed by atoms with Crippen molar-refractivity contribution in [1.29, 1.82) is 0 Å². The van der Waals surface area contributed by atoms with Crippen molar-refractivity contribution in [2.45, 2.75) is 0 Å². The van der Waals surface area contributed by atoms with Gasteiger partial charge in [0.2, 0.25) is 0 Å². The Morgan fingerprint density at radius 1 is 1.00 bits per heavy atom. The van der Waals surface area contributed by atoms with Crippen molar-refractivity contribution in [3.63, 3.8) is 0 Å². The summed E-state index contributed by atoms with van der Waals surface area (Å²) in [5, 5.41) is 0. The van der Waals surface area contributed by atoms with Crippen molar-refractivity contribution in [3.05, 3.63) is 9.82 Å². The molecule has 0 fully saturated rings. The minimum absolute atomic E-state index is 0.979. The molecule has 0 aliphatic heterocycles. The average molecular weight is 177 g/mol. The Balaban J connectivity index is 2.55. The van der Waals surface area contributed by atoms with Gasteiger partial charge in [-0.1, -0.05) is 0 Å². The van der Waals surface area contributed by atoms with Crippen molar-refractivity contribution in [2.24, 2.45) is 0 Å². The fraction of sp³-hybridized carbons (Fsp3) is 0. The van der Waals surface area contributed by atoms with Crippen molar-refractivity contribution < 1.29 is 0 Å². The van der Waals surface area contributed by atoms with E-state index in [1.165, 1.54) is 0 Å². The van der Waals surface area contributed by atoms with Gasteiger partial charge in [0, 0.05) is 0 Å². The molecule has 0 radical (unpaired) electrons. The summed E-state index contributed by atoms with van der Waals surface area (Å²) < 4.78 is 0. The second-order valence-corrected chi connectivity index (χ2v) is 3.46. The van der Waals surface area contributed by atoms with Gasteiger partial charge in [0.1, 0.15) is 0 Å². The van der Waals surface area contributed by atoms with Crippen LogP contribution in [0.2, 0.25) is 0 Å². The first-order chi connectivity index (χ1) is 1.91. The summed E-state index contributed by atoms with van der Waals surface area (Å²) in [5.74, 6) is 0. The summed E-state index contributed by atoms with van der Waals surface area (Å²) in [4.78, 5) is 4.54. The van der Waals surface area contributed by atoms with E-state index in [1.807, 2.05) is 0 Å². The molecule has 0 aliphatic carbocycles. The molecule has 0 saturated carbocycles. The number of rotatable bonds is 0. The van der Waals surface area contributed by atoms with Crippen LogP contribution in [0.25, 0.3) is 0 Å². The van der Waals surface area contributed by atoms with Gasteiger partial charge >= 0.3 is 42.8 Å². The third-order valence-corrected chi connectivity index (χ3v) is 9.00. The molecule has 0 heterocycles. The molecule has 0 aromatic carbocycles. The molecule has 0 aromatic heterocycles. The monoisotopic (exact) mass is 180 g/mol. The molecule has 0 N–H and O–H groups in total. The molecule has 0 spiro atoms. The minimum atomic E-state index is 0.979. The van der Waals surface area contributed by atoms with Gasteiger partial charge in [0.05, 0.1) is 0 Å². The SMILES string of the molecule is [GeH3][CH]=[CH][GeH3]. The Bertz CT molecular complexity index is 19.2. The van der Waals surface area contributed by atoms with Crippen LogP contribution in [-0.4, -0.2) is 33.0 Å². The third-order valence-electron chi connectivity index (χ3n) is 0.333. The van der Waals surface area contributed by atoms with E-state index in [-0.39, 0.29) is 0 Å². The van der Waals surface area contributed by atoms with Crippen molar-refractivity contribution >= 4 is 33.0 Å². The molecule has 0 aliphatic rings. The van der Waals surface area contributed by atoms with Crippen LogP contribution in [-0.2, 0) is 0 Å². The molecule has 0 nitrogen and oxygen atoms in total. The molecule has 0 rings (SSSR count). The molecule has 24 valence electrons.